The number of rotatable bonds is 6. The van der Waals surface area contributed by atoms with Crippen molar-refractivity contribution in [1.29, 1.82) is 0 Å². The van der Waals surface area contributed by atoms with E-state index in [1.807, 2.05) is 0 Å². The summed E-state index contributed by atoms with van der Waals surface area (Å²) in [6.45, 7) is 1.76. The van der Waals surface area contributed by atoms with E-state index in [2.05, 4.69) is 5.32 Å². The number of amides is 1. The Hall–Kier alpha value is -2.23. The predicted molar refractivity (Wildman–Crippen MR) is 94.5 cm³/mol. The van der Waals surface area contributed by atoms with Crippen molar-refractivity contribution < 1.29 is 23.1 Å². The SMILES string of the molecule is CC(NC(=O)c1ccc(C(=O)O)s1)c1ccc(S(=O)(=O)N(C)C)cc1. The summed E-state index contributed by atoms with van der Waals surface area (Å²) in [6, 6.07) is 8.73. The van der Waals surface area contributed by atoms with Crippen LogP contribution in [0.15, 0.2) is 41.3 Å². The smallest absolute Gasteiger partial charge is 0.345 e. The normalized spacial score (nSPS) is 12.8. The number of carboxylic acid groups (broad SMARTS) is 1. The summed E-state index contributed by atoms with van der Waals surface area (Å²) >= 11 is 0.899. The lowest BCUT2D eigenvalue weighted by Crippen LogP contribution is -2.26. The number of sulfonamides is 1. The zero-order chi connectivity index (χ0) is 18.8. The first-order valence-electron chi connectivity index (χ1n) is 7.29. The number of hydrogen-bond acceptors (Lipinski definition) is 5. The molecule has 0 aliphatic heterocycles. The standard InChI is InChI=1S/C16H18N2O5S2/c1-10(17-15(19)13-8-9-14(24-13)16(20)21)11-4-6-12(7-5-11)25(22,23)18(2)3/h4-10H,1-3H3,(H,17,19)(H,20,21). The quantitative estimate of drug-likeness (QED) is 0.797. The van der Waals surface area contributed by atoms with Gasteiger partial charge < -0.3 is 10.4 Å². The highest BCUT2D eigenvalue weighted by Crippen LogP contribution is 2.20. The van der Waals surface area contributed by atoms with Crippen molar-refractivity contribution in [3.63, 3.8) is 0 Å². The van der Waals surface area contributed by atoms with Crippen LogP contribution in [0.25, 0.3) is 0 Å². The van der Waals surface area contributed by atoms with Gasteiger partial charge in [0.05, 0.1) is 15.8 Å². The van der Waals surface area contributed by atoms with Gasteiger partial charge in [-0.05, 0) is 36.8 Å². The van der Waals surface area contributed by atoms with Crippen LogP contribution < -0.4 is 5.32 Å². The first-order valence-corrected chi connectivity index (χ1v) is 9.55. The molecule has 0 saturated carbocycles. The van der Waals surface area contributed by atoms with Gasteiger partial charge in [-0.1, -0.05) is 12.1 Å². The van der Waals surface area contributed by atoms with Crippen LogP contribution in [-0.4, -0.2) is 43.8 Å². The third-order valence-electron chi connectivity index (χ3n) is 3.55. The molecule has 0 radical (unpaired) electrons. The number of benzene rings is 1. The van der Waals surface area contributed by atoms with E-state index in [4.69, 9.17) is 5.11 Å². The Morgan fingerprint density at radius 1 is 1.08 bits per heavy atom. The van der Waals surface area contributed by atoms with Crippen molar-refractivity contribution in [1.82, 2.24) is 9.62 Å². The number of carboxylic acids is 1. The van der Waals surface area contributed by atoms with Gasteiger partial charge in [0.15, 0.2) is 0 Å². The van der Waals surface area contributed by atoms with Crippen molar-refractivity contribution in [2.75, 3.05) is 14.1 Å². The van der Waals surface area contributed by atoms with E-state index in [0.717, 1.165) is 21.2 Å². The molecule has 0 aliphatic rings. The van der Waals surface area contributed by atoms with Crippen molar-refractivity contribution in [3.05, 3.63) is 51.7 Å². The lowest BCUT2D eigenvalue weighted by atomic mass is 10.1. The van der Waals surface area contributed by atoms with E-state index in [0.29, 0.717) is 4.88 Å². The maximum atomic E-state index is 12.2. The minimum Gasteiger partial charge on any atom is -0.477 e. The van der Waals surface area contributed by atoms with Crippen molar-refractivity contribution >= 4 is 33.2 Å². The van der Waals surface area contributed by atoms with Gasteiger partial charge in [0.2, 0.25) is 10.0 Å². The summed E-state index contributed by atoms with van der Waals surface area (Å²) < 4.78 is 25.2. The highest BCUT2D eigenvalue weighted by molar-refractivity contribution is 7.89. The molecule has 25 heavy (non-hydrogen) atoms. The molecule has 2 N–H and O–H groups in total. The summed E-state index contributed by atoms with van der Waals surface area (Å²) in [5.74, 6) is -1.45. The third-order valence-corrected chi connectivity index (χ3v) is 6.45. The van der Waals surface area contributed by atoms with Gasteiger partial charge in [-0.2, -0.15) is 0 Å². The molecule has 2 aromatic rings. The molecule has 0 saturated heterocycles. The second-order valence-electron chi connectivity index (χ2n) is 5.52. The summed E-state index contributed by atoms with van der Waals surface area (Å²) in [5, 5.41) is 11.7. The monoisotopic (exact) mass is 382 g/mol. The van der Waals surface area contributed by atoms with Gasteiger partial charge in [0.1, 0.15) is 4.88 Å². The number of nitrogens with one attached hydrogen (secondary N) is 1. The van der Waals surface area contributed by atoms with E-state index in [1.165, 1.54) is 38.4 Å². The molecule has 2 rings (SSSR count). The summed E-state index contributed by atoms with van der Waals surface area (Å²) in [6.07, 6.45) is 0. The topological polar surface area (TPSA) is 104 Å². The Morgan fingerprint density at radius 3 is 2.12 bits per heavy atom. The van der Waals surface area contributed by atoms with Crippen molar-refractivity contribution in [2.24, 2.45) is 0 Å². The second kappa shape index (κ2) is 7.34. The lowest BCUT2D eigenvalue weighted by molar-refractivity contribution is 0.0702. The predicted octanol–water partition coefficient (Wildman–Crippen LogP) is 2.19. The molecule has 1 aromatic heterocycles. The lowest BCUT2D eigenvalue weighted by Gasteiger charge is -2.15. The van der Waals surface area contributed by atoms with Crippen molar-refractivity contribution in [2.45, 2.75) is 17.9 Å². The molecule has 9 heteroatoms. The fraction of sp³-hybridized carbons (Fsp3) is 0.250. The van der Waals surface area contributed by atoms with Crippen LogP contribution in [0.1, 0.15) is 37.9 Å². The van der Waals surface area contributed by atoms with Gasteiger partial charge in [-0.3, -0.25) is 4.79 Å². The molecular formula is C16H18N2O5S2. The fourth-order valence-electron chi connectivity index (χ4n) is 2.07. The number of carbonyl (C=O) groups excluding carboxylic acids is 1. The molecule has 0 aliphatic carbocycles. The molecule has 1 amide bonds. The van der Waals surface area contributed by atoms with Gasteiger partial charge in [-0.25, -0.2) is 17.5 Å². The van der Waals surface area contributed by atoms with E-state index in [1.54, 1.807) is 19.1 Å². The maximum absolute atomic E-state index is 12.2. The first-order chi connectivity index (χ1) is 11.6. The Labute approximate surface area is 150 Å². The summed E-state index contributed by atoms with van der Waals surface area (Å²) in [5.41, 5.74) is 0.737. The molecule has 1 unspecified atom stereocenters. The van der Waals surface area contributed by atoms with Gasteiger partial charge >= 0.3 is 5.97 Å². The fourth-order valence-corrected chi connectivity index (χ4v) is 3.71. The highest BCUT2D eigenvalue weighted by Gasteiger charge is 2.19. The number of thiophene rings is 1. The van der Waals surface area contributed by atoms with E-state index in [9.17, 15) is 18.0 Å². The third kappa shape index (κ3) is 4.25. The highest BCUT2D eigenvalue weighted by atomic mass is 32.2. The molecular weight excluding hydrogens is 364 g/mol. The molecule has 1 aromatic carbocycles. The molecule has 0 spiro atoms. The Balaban J connectivity index is 2.11. The second-order valence-corrected chi connectivity index (χ2v) is 8.76. The molecule has 1 atom stereocenters. The van der Waals surface area contributed by atoms with E-state index in [-0.39, 0.29) is 21.7 Å². The van der Waals surface area contributed by atoms with Crippen molar-refractivity contribution in [3.8, 4) is 0 Å². The molecule has 134 valence electrons. The van der Waals surface area contributed by atoms with Gasteiger partial charge in [-0.15, -0.1) is 11.3 Å². The Bertz CT molecular complexity index is 886. The van der Waals surface area contributed by atoms with Gasteiger partial charge in [0.25, 0.3) is 5.91 Å². The van der Waals surface area contributed by atoms with Crippen LogP contribution in [0.2, 0.25) is 0 Å². The summed E-state index contributed by atoms with van der Waals surface area (Å²) in [4.78, 5) is 23.6. The van der Waals surface area contributed by atoms with Crippen LogP contribution in [0, 0.1) is 0 Å². The van der Waals surface area contributed by atoms with E-state index < -0.39 is 16.0 Å². The van der Waals surface area contributed by atoms with Crippen LogP contribution in [0.3, 0.4) is 0 Å². The summed E-state index contributed by atoms with van der Waals surface area (Å²) in [7, 11) is -0.585. The number of nitrogens with zero attached hydrogens (tertiary/aromatic N) is 1. The zero-order valence-corrected chi connectivity index (χ0v) is 15.5. The average Bonchev–Trinajstić information content (AvgIpc) is 3.05. The maximum Gasteiger partial charge on any atom is 0.345 e. The minimum atomic E-state index is -3.50. The molecule has 7 nitrogen and oxygen atoms in total. The van der Waals surface area contributed by atoms with Crippen LogP contribution >= 0.6 is 11.3 Å². The number of carbonyl (C=O) groups is 2. The Kier molecular flexibility index (Phi) is 5.61. The molecule has 0 fully saturated rings. The van der Waals surface area contributed by atoms with Crippen LogP contribution in [0.4, 0.5) is 0 Å². The average molecular weight is 382 g/mol. The minimum absolute atomic E-state index is 0.0936. The number of aromatic carboxylic acids is 1. The first kappa shape index (κ1) is 19.1. The number of hydrogen-bond donors (Lipinski definition) is 2. The van der Waals surface area contributed by atoms with Crippen LogP contribution in [-0.2, 0) is 10.0 Å². The molecule has 0 bridgehead atoms. The van der Waals surface area contributed by atoms with Crippen LogP contribution in [0.5, 0.6) is 0 Å². The Morgan fingerprint density at radius 2 is 1.64 bits per heavy atom. The van der Waals surface area contributed by atoms with Gasteiger partial charge in [0, 0.05) is 14.1 Å². The molecule has 1 heterocycles. The van der Waals surface area contributed by atoms with E-state index >= 15 is 0 Å². The zero-order valence-electron chi connectivity index (χ0n) is 13.9. The largest absolute Gasteiger partial charge is 0.477 e.